The summed E-state index contributed by atoms with van der Waals surface area (Å²) in [6.07, 6.45) is 5.01. The minimum atomic E-state index is 0.160. The second-order valence-electron chi connectivity index (χ2n) is 6.96. The average molecular weight is 282 g/mol. The van der Waals surface area contributed by atoms with E-state index in [9.17, 15) is 4.79 Å². The Hall–Kier alpha value is -0.450. The van der Waals surface area contributed by atoms with E-state index < -0.39 is 0 Å². The summed E-state index contributed by atoms with van der Waals surface area (Å²) >= 11 is 0. The summed E-state index contributed by atoms with van der Waals surface area (Å²) in [5.74, 6) is 0.534. The highest BCUT2D eigenvalue weighted by Gasteiger charge is 2.37. The molecule has 0 saturated carbocycles. The van der Waals surface area contributed by atoms with Crippen LogP contribution in [-0.4, -0.2) is 66.6 Å². The predicted octanol–water partition coefficient (Wildman–Crippen LogP) is 1.38. The van der Waals surface area contributed by atoms with Crippen LogP contribution >= 0.6 is 0 Å². The molecule has 0 aromatic rings. The number of carbonyl (C=O) groups is 1. The number of aliphatic hydroxyl groups is 1. The minimum absolute atomic E-state index is 0.160. The third-order valence-corrected chi connectivity index (χ3v) is 5.27. The zero-order valence-corrected chi connectivity index (χ0v) is 13.1. The molecule has 2 aliphatic heterocycles. The molecule has 0 amide bonds. The van der Waals surface area contributed by atoms with E-state index in [1.165, 1.54) is 25.7 Å². The number of β-amino-alcohol motifs (C(OH)–C–C–N with tert-alkyl or cyclic N) is 1. The summed E-state index contributed by atoms with van der Waals surface area (Å²) < 4.78 is 0. The quantitative estimate of drug-likeness (QED) is 0.827. The van der Waals surface area contributed by atoms with Crippen molar-refractivity contribution in [3.63, 3.8) is 0 Å². The zero-order valence-electron chi connectivity index (χ0n) is 13.1. The summed E-state index contributed by atoms with van der Waals surface area (Å²) in [6.45, 7) is 10.1. The van der Waals surface area contributed by atoms with E-state index in [0.717, 1.165) is 32.7 Å². The Labute approximate surface area is 123 Å². The van der Waals surface area contributed by atoms with E-state index in [4.69, 9.17) is 5.11 Å². The van der Waals surface area contributed by atoms with Crippen molar-refractivity contribution < 1.29 is 9.90 Å². The smallest absolute Gasteiger partial charge is 0.149 e. The van der Waals surface area contributed by atoms with Crippen LogP contribution in [0, 0.1) is 11.3 Å². The third kappa shape index (κ3) is 4.03. The largest absolute Gasteiger partial charge is 0.395 e. The molecule has 1 spiro atoms. The van der Waals surface area contributed by atoms with Gasteiger partial charge in [0.2, 0.25) is 0 Å². The van der Waals surface area contributed by atoms with Crippen molar-refractivity contribution in [1.82, 2.24) is 9.80 Å². The third-order valence-electron chi connectivity index (χ3n) is 5.27. The standard InChI is InChI=1S/C16H30N2O2/c1-14(2)15(20)13-18-9-5-16(6-10-18)3-7-17(8-4-16)11-12-19/h14,19H,3-13H2,1-2H3. The van der Waals surface area contributed by atoms with Gasteiger partial charge in [0.15, 0.2) is 0 Å². The van der Waals surface area contributed by atoms with Crippen LogP contribution in [0.1, 0.15) is 39.5 Å². The molecule has 2 rings (SSSR count). The van der Waals surface area contributed by atoms with Gasteiger partial charge in [0.1, 0.15) is 5.78 Å². The Morgan fingerprint density at radius 1 is 1.05 bits per heavy atom. The van der Waals surface area contributed by atoms with E-state index in [1.54, 1.807) is 0 Å². The van der Waals surface area contributed by atoms with Crippen molar-refractivity contribution in [3.05, 3.63) is 0 Å². The lowest BCUT2D eigenvalue weighted by atomic mass is 9.71. The van der Waals surface area contributed by atoms with Crippen molar-refractivity contribution in [2.75, 3.05) is 45.9 Å². The summed E-state index contributed by atoms with van der Waals surface area (Å²) in [6, 6.07) is 0. The van der Waals surface area contributed by atoms with Crippen LogP contribution in [0.2, 0.25) is 0 Å². The van der Waals surface area contributed by atoms with Gasteiger partial charge < -0.3 is 10.0 Å². The number of likely N-dealkylation sites (tertiary alicyclic amines) is 2. The van der Waals surface area contributed by atoms with Gasteiger partial charge in [-0.3, -0.25) is 9.69 Å². The van der Waals surface area contributed by atoms with Crippen LogP contribution in [0.15, 0.2) is 0 Å². The lowest BCUT2D eigenvalue weighted by Crippen LogP contribution is -2.48. The molecule has 2 heterocycles. The van der Waals surface area contributed by atoms with Crippen LogP contribution < -0.4 is 0 Å². The van der Waals surface area contributed by atoms with Crippen LogP contribution in [0.4, 0.5) is 0 Å². The predicted molar refractivity (Wildman–Crippen MR) is 80.7 cm³/mol. The monoisotopic (exact) mass is 282 g/mol. The number of Topliss-reactive ketones (excluding diaryl/α,β-unsaturated/α-hetero) is 1. The maximum atomic E-state index is 11.8. The molecule has 4 heteroatoms. The van der Waals surface area contributed by atoms with Gasteiger partial charge in [0, 0.05) is 12.5 Å². The fourth-order valence-corrected chi connectivity index (χ4v) is 3.48. The highest BCUT2D eigenvalue weighted by atomic mass is 16.3. The van der Waals surface area contributed by atoms with Crippen molar-refractivity contribution in [2.45, 2.75) is 39.5 Å². The first-order valence-corrected chi connectivity index (χ1v) is 8.13. The topological polar surface area (TPSA) is 43.8 Å². The van der Waals surface area contributed by atoms with Crippen molar-refractivity contribution in [1.29, 1.82) is 0 Å². The molecule has 2 fully saturated rings. The molecule has 116 valence electrons. The molecule has 20 heavy (non-hydrogen) atoms. The Bertz CT molecular complexity index is 312. The zero-order chi connectivity index (χ0) is 14.6. The van der Waals surface area contributed by atoms with E-state index >= 15 is 0 Å². The first-order chi connectivity index (χ1) is 9.54. The molecule has 1 N–H and O–H groups in total. The second kappa shape index (κ2) is 7.01. The summed E-state index contributed by atoms with van der Waals surface area (Å²) in [5, 5.41) is 9.00. The Kier molecular flexibility index (Phi) is 5.58. The van der Waals surface area contributed by atoms with Crippen LogP contribution in [0.25, 0.3) is 0 Å². The maximum absolute atomic E-state index is 11.8. The number of rotatable bonds is 5. The summed E-state index contributed by atoms with van der Waals surface area (Å²) in [4.78, 5) is 16.5. The highest BCUT2D eigenvalue weighted by Crippen LogP contribution is 2.41. The average Bonchev–Trinajstić information content (AvgIpc) is 2.44. The fraction of sp³-hybridized carbons (Fsp3) is 0.938. The molecule has 0 unspecified atom stereocenters. The summed E-state index contributed by atoms with van der Waals surface area (Å²) in [7, 11) is 0. The van der Waals surface area contributed by atoms with Gasteiger partial charge >= 0.3 is 0 Å². The minimum Gasteiger partial charge on any atom is -0.395 e. The fourth-order valence-electron chi connectivity index (χ4n) is 3.48. The second-order valence-corrected chi connectivity index (χ2v) is 6.96. The normalized spacial score (nSPS) is 24.4. The Morgan fingerprint density at radius 3 is 2.00 bits per heavy atom. The van der Waals surface area contributed by atoms with Gasteiger partial charge in [-0.15, -0.1) is 0 Å². The van der Waals surface area contributed by atoms with Crippen LogP contribution in [0.5, 0.6) is 0 Å². The molecule has 2 saturated heterocycles. The lowest BCUT2D eigenvalue weighted by molar-refractivity contribution is -0.123. The number of aliphatic hydroxyl groups excluding tert-OH is 1. The Balaban J connectivity index is 1.75. The number of ketones is 1. The SMILES string of the molecule is CC(C)C(=O)CN1CCC2(CCN(CCO)CC2)CC1. The van der Waals surface area contributed by atoms with Gasteiger partial charge in [0.05, 0.1) is 13.2 Å². The van der Waals surface area contributed by atoms with Gasteiger partial charge in [0.25, 0.3) is 0 Å². The number of hydrogen-bond donors (Lipinski definition) is 1. The first kappa shape index (κ1) is 15.9. The first-order valence-electron chi connectivity index (χ1n) is 8.13. The molecule has 0 aliphatic carbocycles. The number of carbonyl (C=O) groups excluding carboxylic acids is 1. The van der Waals surface area contributed by atoms with E-state index in [2.05, 4.69) is 9.80 Å². The van der Waals surface area contributed by atoms with Crippen molar-refractivity contribution >= 4 is 5.78 Å². The molecule has 0 bridgehead atoms. The molecule has 2 aliphatic rings. The van der Waals surface area contributed by atoms with Crippen LogP contribution in [0.3, 0.4) is 0 Å². The maximum Gasteiger partial charge on any atom is 0.149 e. The molecular weight excluding hydrogens is 252 g/mol. The van der Waals surface area contributed by atoms with Crippen molar-refractivity contribution in [3.8, 4) is 0 Å². The van der Waals surface area contributed by atoms with Gasteiger partial charge in [-0.1, -0.05) is 13.8 Å². The lowest BCUT2D eigenvalue weighted by Gasteiger charge is -2.46. The molecule has 0 atom stereocenters. The number of nitrogens with zero attached hydrogens (tertiary/aromatic N) is 2. The highest BCUT2D eigenvalue weighted by molar-refractivity contribution is 5.82. The van der Waals surface area contributed by atoms with Crippen molar-refractivity contribution in [2.24, 2.45) is 11.3 Å². The van der Waals surface area contributed by atoms with E-state index in [0.29, 0.717) is 17.7 Å². The van der Waals surface area contributed by atoms with Crippen LogP contribution in [-0.2, 0) is 4.79 Å². The molecule has 0 radical (unpaired) electrons. The Morgan fingerprint density at radius 2 is 1.55 bits per heavy atom. The molecule has 0 aromatic carbocycles. The molecule has 4 nitrogen and oxygen atoms in total. The summed E-state index contributed by atoms with van der Waals surface area (Å²) in [5.41, 5.74) is 0.517. The molecule has 0 aromatic heterocycles. The van der Waals surface area contributed by atoms with Gasteiger partial charge in [-0.25, -0.2) is 0 Å². The number of hydrogen-bond acceptors (Lipinski definition) is 4. The van der Waals surface area contributed by atoms with Gasteiger partial charge in [-0.05, 0) is 57.3 Å². The van der Waals surface area contributed by atoms with E-state index in [1.807, 2.05) is 13.8 Å². The van der Waals surface area contributed by atoms with E-state index in [-0.39, 0.29) is 12.5 Å². The number of piperidine rings is 2. The van der Waals surface area contributed by atoms with Gasteiger partial charge in [-0.2, -0.15) is 0 Å². The molecular formula is C16H30N2O2.